The van der Waals surface area contributed by atoms with Crippen molar-refractivity contribution in [3.8, 4) is 5.75 Å². The van der Waals surface area contributed by atoms with Crippen LogP contribution in [-0.4, -0.2) is 42.7 Å². The van der Waals surface area contributed by atoms with Gasteiger partial charge in [-0.3, -0.25) is 4.99 Å². The van der Waals surface area contributed by atoms with Crippen molar-refractivity contribution in [3.63, 3.8) is 0 Å². The lowest BCUT2D eigenvalue weighted by atomic mass is 10.0. The van der Waals surface area contributed by atoms with Gasteiger partial charge in [-0.05, 0) is 42.2 Å². The van der Waals surface area contributed by atoms with E-state index in [9.17, 15) is 5.11 Å². The van der Waals surface area contributed by atoms with Crippen molar-refractivity contribution in [1.29, 1.82) is 0 Å². The molecule has 2 N–H and O–H groups in total. The third kappa shape index (κ3) is 4.35. The number of aliphatic imine (C=N–C) groups is 1. The van der Waals surface area contributed by atoms with Crippen molar-refractivity contribution in [2.45, 2.75) is 26.0 Å². The van der Waals surface area contributed by atoms with E-state index in [4.69, 9.17) is 4.74 Å². The standard InChI is InChI=1S/C21H27N3O2/c1-3-22-21(24-13-12-16-6-4-5-7-18(16)15-24)23-14-20(25)17-8-10-19(26-2)11-9-17/h4-11,20,25H,3,12-15H2,1-2H3,(H,22,23). The van der Waals surface area contributed by atoms with Crippen LogP contribution < -0.4 is 10.1 Å². The average molecular weight is 353 g/mol. The molecule has 2 aromatic rings. The molecule has 1 heterocycles. The van der Waals surface area contributed by atoms with Gasteiger partial charge in [0.1, 0.15) is 5.75 Å². The van der Waals surface area contributed by atoms with Crippen molar-refractivity contribution in [2.24, 2.45) is 4.99 Å². The Morgan fingerprint density at radius 3 is 2.62 bits per heavy atom. The number of benzene rings is 2. The van der Waals surface area contributed by atoms with Crippen molar-refractivity contribution in [2.75, 3.05) is 26.7 Å². The maximum atomic E-state index is 10.5. The number of nitrogens with zero attached hydrogens (tertiary/aromatic N) is 2. The van der Waals surface area contributed by atoms with Gasteiger partial charge in [0.15, 0.2) is 5.96 Å². The summed E-state index contributed by atoms with van der Waals surface area (Å²) >= 11 is 0. The number of nitrogens with one attached hydrogen (secondary N) is 1. The van der Waals surface area contributed by atoms with Gasteiger partial charge in [-0.15, -0.1) is 0 Å². The van der Waals surface area contributed by atoms with Gasteiger partial charge in [0.2, 0.25) is 0 Å². The predicted molar refractivity (Wildman–Crippen MR) is 104 cm³/mol. The molecule has 0 aliphatic carbocycles. The van der Waals surface area contributed by atoms with Crippen molar-refractivity contribution in [1.82, 2.24) is 10.2 Å². The van der Waals surface area contributed by atoms with Gasteiger partial charge in [0, 0.05) is 19.6 Å². The Morgan fingerprint density at radius 1 is 1.19 bits per heavy atom. The van der Waals surface area contributed by atoms with E-state index in [2.05, 4.69) is 46.4 Å². The second kappa shape index (κ2) is 8.72. The molecule has 1 unspecified atom stereocenters. The molecular weight excluding hydrogens is 326 g/mol. The number of hydrogen-bond acceptors (Lipinski definition) is 3. The third-order valence-electron chi connectivity index (χ3n) is 4.68. The van der Waals surface area contributed by atoms with Crippen molar-refractivity contribution < 1.29 is 9.84 Å². The number of rotatable bonds is 5. The van der Waals surface area contributed by atoms with Gasteiger partial charge in [-0.1, -0.05) is 36.4 Å². The minimum Gasteiger partial charge on any atom is -0.497 e. The van der Waals surface area contributed by atoms with Crippen LogP contribution in [0.2, 0.25) is 0 Å². The van der Waals surface area contributed by atoms with Gasteiger partial charge in [0.05, 0.1) is 19.8 Å². The number of hydrogen-bond donors (Lipinski definition) is 2. The molecule has 5 heteroatoms. The summed E-state index contributed by atoms with van der Waals surface area (Å²) in [5, 5.41) is 13.8. The molecule has 0 bridgehead atoms. The summed E-state index contributed by atoms with van der Waals surface area (Å²) in [6.07, 6.45) is 0.383. The van der Waals surface area contributed by atoms with Crippen molar-refractivity contribution in [3.05, 3.63) is 65.2 Å². The fourth-order valence-electron chi connectivity index (χ4n) is 3.21. The third-order valence-corrected chi connectivity index (χ3v) is 4.68. The Labute approximate surface area is 155 Å². The van der Waals surface area contributed by atoms with Crippen LogP contribution in [0.25, 0.3) is 0 Å². The van der Waals surface area contributed by atoms with Gasteiger partial charge in [0.25, 0.3) is 0 Å². The minimum atomic E-state index is -0.633. The molecule has 0 aromatic heterocycles. The van der Waals surface area contributed by atoms with Crippen LogP contribution in [0.1, 0.15) is 29.7 Å². The Kier molecular flexibility index (Phi) is 6.12. The van der Waals surface area contributed by atoms with Crippen molar-refractivity contribution >= 4 is 5.96 Å². The fourth-order valence-corrected chi connectivity index (χ4v) is 3.21. The highest BCUT2D eigenvalue weighted by Gasteiger charge is 2.19. The van der Waals surface area contributed by atoms with Gasteiger partial charge in [-0.2, -0.15) is 0 Å². The van der Waals surface area contributed by atoms with E-state index in [1.54, 1.807) is 7.11 Å². The Balaban J connectivity index is 1.69. The van der Waals surface area contributed by atoms with Crippen LogP contribution in [0.5, 0.6) is 5.75 Å². The Hall–Kier alpha value is -2.53. The fraction of sp³-hybridized carbons (Fsp3) is 0.381. The topological polar surface area (TPSA) is 57.1 Å². The molecule has 0 amide bonds. The second-order valence-electron chi connectivity index (χ2n) is 6.42. The first-order chi connectivity index (χ1) is 12.7. The summed E-state index contributed by atoms with van der Waals surface area (Å²) in [7, 11) is 1.63. The second-order valence-corrected chi connectivity index (χ2v) is 6.42. The molecule has 0 radical (unpaired) electrons. The zero-order valence-electron chi connectivity index (χ0n) is 15.5. The Bertz CT molecular complexity index is 743. The molecular formula is C21H27N3O2. The number of guanidine groups is 1. The zero-order chi connectivity index (χ0) is 18.4. The molecule has 138 valence electrons. The summed E-state index contributed by atoms with van der Waals surface area (Å²) in [5.41, 5.74) is 3.60. The van der Waals surface area contributed by atoms with Crippen LogP contribution in [-0.2, 0) is 13.0 Å². The maximum Gasteiger partial charge on any atom is 0.194 e. The van der Waals surface area contributed by atoms with Crippen LogP contribution in [0.15, 0.2) is 53.5 Å². The predicted octanol–water partition coefficient (Wildman–Crippen LogP) is 2.75. The number of ether oxygens (including phenoxy) is 1. The minimum absolute atomic E-state index is 0.326. The number of aliphatic hydroxyl groups is 1. The maximum absolute atomic E-state index is 10.5. The lowest BCUT2D eigenvalue weighted by Gasteiger charge is -2.31. The Morgan fingerprint density at radius 2 is 1.92 bits per heavy atom. The highest BCUT2D eigenvalue weighted by molar-refractivity contribution is 5.80. The van der Waals surface area contributed by atoms with Crippen LogP contribution in [0.3, 0.4) is 0 Å². The summed E-state index contributed by atoms with van der Waals surface area (Å²) in [6.45, 7) is 4.97. The first-order valence-electron chi connectivity index (χ1n) is 9.13. The molecule has 0 fully saturated rings. The van der Waals surface area contributed by atoms with Gasteiger partial charge < -0.3 is 20.1 Å². The zero-order valence-corrected chi connectivity index (χ0v) is 15.5. The monoisotopic (exact) mass is 353 g/mol. The summed E-state index contributed by atoms with van der Waals surface area (Å²) < 4.78 is 5.16. The SMILES string of the molecule is CCNC(=NCC(O)c1ccc(OC)cc1)N1CCc2ccccc2C1. The van der Waals surface area contributed by atoms with Crippen LogP contribution >= 0.6 is 0 Å². The van der Waals surface area contributed by atoms with Gasteiger partial charge >= 0.3 is 0 Å². The molecule has 0 saturated carbocycles. The van der Waals surface area contributed by atoms with E-state index in [0.29, 0.717) is 6.54 Å². The smallest absolute Gasteiger partial charge is 0.194 e. The van der Waals surface area contributed by atoms with Gasteiger partial charge in [-0.25, -0.2) is 0 Å². The first-order valence-corrected chi connectivity index (χ1v) is 9.13. The highest BCUT2D eigenvalue weighted by Crippen LogP contribution is 2.20. The summed E-state index contributed by atoms with van der Waals surface area (Å²) in [4.78, 5) is 6.94. The molecule has 2 aromatic carbocycles. The molecule has 5 nitrogen and oxygen atoms in total. The van der Waals surface area contributed by atoms with E-state index < -0.39 is 6.10 Å². The highest BCUT2D eigenvalue weighted by atomic mass is 16.5. The summed E-state index contributed by atoms with van der Waals surface area (Å²) in [6, 6.07) is 16.0. The number of aliphatic hydroxyl groups excluding tert-OH is 1. The first kappa shape index (κ1) is 18.3. The molecule has 1 atom stereocenters. The molecule has 0 spiro atoms. The quantitative estimate of drug-likeness (QED) is 0.641. The average Bonchev–Trinajstić information content (AvgIpc) is 2.70. The van der Waals surface area contributed by atoms with Crippen LogP contribution in [0.4, 0.5) is 0 Å². The van der Waals surface area contributed by atoms with Crippen LogP contribution in [0, 0.1) is 0 Å². The molecule has 3 rings (SSSR count). The van der Waals surface area contributed by atoms with E-state index in [1.807, 2.05) is 24.3 Å². The lowest BCUT2D eigenvalue weighted by molar-refractivity contribution is 0.186. The largest absolute Gasteiger partial charge is 0.497 e. The molecule has 26 heavy (non-hydrogen) atoms. The number of methoxy groups -OCH3 is 1. The molecule has 1 aliphatic rings. The molecule has 1 aliphatic heterocycles. The van der Waals surface area contributed by atoms with E-state index in [-0.39, 0.29) is 0 Å². The normalized spacial score (nSPS) is 15.3. The van der Waals surface area contributed by atoms with E-state index in [0.717, 1.165) is 43.3 Å². The summed E-state index contributed by atoms with van der Waals surface area (Å²) in [5.74, 6) is 1.64. The van der Waals surface area contributed by atoms with E-state index >= 15 is 0 Å². The lowest BCUT2D eigenvalue weighted by Crippen LogP contribution is -2.44. The number of fused-ring (bicyclic) bond motifs is 1. The molecule has 0 saturated heterocycles. The van der Waals surface area contributed by atoms with E-state index in [1.165, 1.54) is 11.1 Å².